The van der Waals surface area contributed by atoms with Crippen LogP contribution in [0, 0.1) is 0 Å². The summed E-state index contributed by atoms with van der Waals surface area (Å²) in [5, 5.41) is 5.15. The molecule has 0 radical (unpaired) electrons. The second-order valence-electron chi connectivity index (χ2n) is 7.44. The van der Waals surface area contributed by atoms with Gasteiger partial charge in [-0.25, -0.2) is 4.98 Å². The Hall–Kier alpha value is -3.44. The third-order valence-corrected chi connectivity index (χ3v) is 5.98. The lowest BCUT2D eigenvalue weighted by Crippen LogP contribution is -2.26. The Morgan fingerprint density at radius 3 is 2.52 bits per heavy atom. The number of hydrogen-bond acceptors (Lipinski definition) is 2. The van der Waals surface area contributed by atoms with E-state index in [0.29, 0.717) is 12.1 Å². The van der Waals surface area contributed by atoms with Gasteiger partial charge in [-0.2, -0.15) is 0 Å². The van der Waals surface area contributed by atoms with Gasteiger partial charge >= 0.3 is 0 Å². The van der Waals surface area contributed by atoms with Crippen LogP contribution in [0.5, 0.6) is 0 Å². The number of nitrogens with one attached hydrogen (secondary N) is 2. The summed E-state index contributed by atoms with van der Waals surface area (Å²) in [4.78, 5) is 21.2. The molecule has 152 valence electrons. The number of amides is 1. The number of H-pyrrole nitrogens is 1. The minimum Gasteiger partial charge on any atom is -0.361 e. The van der Waals surface area contributed by atoms with Gasteiger partial charge in [0.15, 0.2) is 0 Å². The summed E-state index contributed by atoms with van der Waals surface area (Å²) in [5.74, 6) is -0.0863. The van der Waals surface area contributed by atoms with Gasteiger partial charge in [0, 0.05) is 39.1 Å². The van der Waals surface area contributed by atoms with E-state index in [9.17, 15) is 4.79 Å². The van der Waals surface area contributed by atoms with Crippen molar-refractivity contribution in [3.05, 3.63) is 101 Å². The maximum atomic E-state index is 13.1. The SMILES string of the molecule is O=C(NCCc1c[nH]c2ccccc12)c1cc(-c2ccc(Br)cc2)nc2ccccc12. The first-order chi connectivity index (χ1) is 15.2. The quantitative estimate of drug-likeness (QED) is 0.325. The molecule has 3 aromatic carbocycles. The first-order valence-corrected chi connectivity index (χ1v) is 11.0. The molecule has 0 fully saturated rings. The van der Waals surface area contributed by atoms with Gasteiger partial charge in [0.05, 0.1) is 16.8 Å². The molecule has 31 heavy (non-hydrogen) atoms. The number of nitrogens with zero attached hydrogens (tertiary/aromatic N) is 1. The second kappa shape index (κ2) is 8.36. The number of carbonyl (C=O) groups excluding carboxylic acids is 1. The van der Waals surface area contributed by atoms with Gasteiger partial charge in [-0.1, -0.05) is 64.5 Å². The smallest absolute Gasteiger partial charge is 0.252 e. The molecule has 2 heterocycles. The van der Waals surface area contributed by atoms with Crippen molar-refractivity contribution in [2.24, 2.45) is 0 Å². The molecule has 0 aliphatic heterocycles. The van der Waals surface area contributed by atoms with Gasteiger partial charge in [-0.05, 0) is 42.3 Å². The Kier molecular flexibility index (Phi) is 5.26. The van der Waals surface area contributed by atoms with E-state index in [0.717, 1.165) is 38.6 Å². The Morgan fingerprint density at radius 1 is 0.935 bits per heavy atom. The standard InChI is InChI=1S/C26H20BrN3O/c27-19-11-9-17(10-12-19)25-15-22(21-6-2-4-8-24(21)30-25)26(31)28-14-13-18-16-29-23-7-3-1-5-20(18)23/h1-12,15-16,29H,13-14H2,(H,28,31). The zero-order valence-corrected chi connectivity index (χ0v) is 18.3. The Morgan fingerprint density at radius 2 is 1.68 bits per heavy atom. The number of halogens is 1. The van der Waals surface area contributed by atoms with Crippen LogP contribution < -0.4 is 5.32 Å². The molecule has 5 aromatic rings. The van der Waals surface area contributed by atoms with E-state index in [1.807, 2.05) is 72.9 Å². The first-order valence-electron chi connectivity index (χ1n) is 10.2. The normalized spacial score (nSPS) is 11.1. The minimum absolute atomic E-state index is 0.0863. The lowest BCUT2D eigenvalue weighted by Gasteiger charge is -2.11. The summed E-state index contributed by atoms with van der Waals surface area (Å²) in [7, 11) is 0. The predicted octanol–water partition coefficient (Wildman–Crippen LogP) is 6.12. The van der Waals surface area contributed by atoms with Crippen LogP contribution in [0.4, 0.5) is 0 Å². The molecule has 0 aliphatic rings. The lowest BCUT2D eigenvalue weighted by molar-refractivity contribution is 0.0956. The fraction of sp³-hybridized carbons (Fsp3) is 0.0769. The molecule has 0 spiro atoms. The molecule has 2 aromatic heterocycles. The average Bonchev–Trinajstić information content (AvgIpc) is 3.22. The Bertz CT molecular complexity index is 1390. The van der Waals surface area contributed by atoms with Crippen LogP contribution in [-0.2, 0) is 6.42 Å². The monoisotopic (exact) mass is 469 g/mol. The maximum Gasteiger partial charge on any atom is 0.252 e. The van der Waals surface area contributed by atoms with Crippen molar-refractivity contribution in [1.29, 1.82) is 0 Å². The van der Waals surface area contributed by atoms with E-state index in [1.165, 1.54) is 10.9 Å². The number of hydrogen-bond donors (Lipinski definition) is 2. The second-order valence-corrected chi connectivity index (χ2v) is 8.36. The van der Waals surface area contributed by atoms with E-state index >= 15 is 0 Å². The molecule has 4 nitrogen and oxygen atoms in total. The van der Waals surface area contributed by atoms with E-state index in [-0.39, 0.29) is 5.91 Å². The number of pyridine rings is 1. The van der Waals surface area contributed by atoms with Crippen LogP contribution in [0.15, 0.2) is 89.5 Å². The van der Waals surface area contributed by atoms with Gasteiger partial charge in [0.25, 0.3) is 5.91 Å². The predicted molar refractivity (Wildman–Crippen MR) is 129 cm³/mol. The highest BCUT2D eigenvalue weighted by molar-refractivity contribution is 9.10. The molecule has 1 amide bonds. The number of fused-ring (bicyclic) bond motifs is 2. The number of aromatic nitrogens is 2. The average molecular weight is 470 g/mol. The van der Waals surface area contributed by atoms with Gasteiger partial charge in [0.1, 0.15) is 0 Å². The van der Waals surface area contributed by atoms with Crippen molar-refractivity contribution < 1.29 is 4.79 Å². The molecule has 0 bridgehead atoms. The summed E-state index contributed by atoms with van der Waals surface area (Å²) in [5.41, 5.74) is 5.52. The third kappa shape index (κ3) is 3.97. The molecule has 0 saturated carbocycles. The highest BCUT2D eigenvalue weighted by Gasteiger charge is 2.14. The summed E-state index contributed by atoms with van der Waals surface area (Å²) < 4.78 is 1.01. The van der Waals surface area contributed by atoms with Gasteiger partial charge in [-0.3, -0.25) is 4.79 Å². The zero-order chi connectivity index (χ0) is 21.2. The summed E-state index contributed by atoms with van der Waals surface area (Å²) in [6.45, 7) is 0.560. The van der Waals surface area contributed by atoms with Crippen molar-refractivity contribution in [3.63, 3.8) is 0 Å². The number of para-hydroxylation sites is 2. The van der Waals surface area contributed by atoms with Gasteiger partial charge in [-0.15, -0.1) is 0 Å². The molecule has 5 heteroatoms. The highest BCUT2D eigenvalue weighted by Crippen LogP contribution is 2.26. The van der Waals surface area contributed by atoms with E-state index < -0.39 is 0 Å². The summed E-state index contributed by atoms with van der Waals surface area (Å²) in [6.07, 6.45) is 2.78. The van der Waals surface area contributed by atoms with Crippen LogP contribution in [0.3, 0.4) is 0 Å². The molecule has 0 atom stereocenters. The fourth-order valence-corrected chi connectivity index (χ4v) is 4.14. The van der Waals surface area contributed by atoms with Crippen LogP contribution in [0.25, 0.3) is 33.1 Å². The van der Waals surface area contributed by atoms with Crippen molar-refractivity contribution >= 4 is 43.6 Å². The van der Waals surface area contributed by atoms with Crippen LogP contribution in [0.1, 0.15) is 15.9 Å². The minimum atomic E-state index is -0.0863. The summed E-state index contributed by atoms with van der Waals surface area (Å²) >= 11 is 3.47. The number of aromatic amines is 1. The highest BCUT2D eigenvalue weighted by atomic mass is 79.9. The molecule has 5 rings (SSSR count). The van der Waals surface area contributed by atoms with Crippen LogP contribution in [0.2, 0.25) is 0 Å². The number of rotatable bonds is 5. The molecular weight excluding hydrogens is 450 g/mol. The van der Waals surface area contributed by atoms with Crippen molar-refractivity contribution in [1.82, 2.24) is 15.3 Å². The van der Waals surface area contributed by atoms with E-state index in [1.54, 1.807) is 0 Å². The first kappa shape index (κ1) is 19.5. The van der Waals surface area contributed by atoms with E-state index in [4.69, 9.17) is 4.98 Å². The molecule has 2 N–H and O–H groups in total. The van der Waals surface area contributed by atoms with Crippen molar-refractivity contribution in [2.75, 3.05) is 6.54 Å². The van der Waals surface area contributed by atoms with Crippen molar-refractivity contribution in [3.8, 4) is 11.3 Å². The maximum absolute atomic E-state index is 13.1. The Balaban J connectivity index is 1.41. The fourth-order valence-electron chi connectivity index (χ4n) is 3.88. The zero-order valence-electron chi connectivity index (χ0n) is 16.7. The Labute approximate surface area is 188 Å². The van der Waals surface area contributed by atoms with Gasteiger partial charge in [0.2, 0.25) is 0 Å². The third-order valence-electron chi connectivity index (χ3n) is 5.46. The lowest BCUT2D eigenvalue weighted by atomic mass is 10.0. The van der Waals surface area contributed by atoms with Crippen molar-refractivity contribution in [2.45, 2.75) is 6.42 Å². The number of carbonyl (C=O) groups is 1. The summed E-state index contributed by atoms with van der Waals surface area (Å²) in [6, 6.07) is 25.8. The molecule has 0 aliphatic carbocycles. The number of benzene rings is 3. The van der Waals surface area contributed by atoms with Gasteiger partial charge < -0.3 is 10.3 Å². The van der Waals surface area contributed by atoms with Crippen LogP contribution in [-0.4, -0.2) is 22.4 Å². The molecule has 0 saturated heterocycles. The van der Waals surface area contributed by atoms with Crippen LogP contribution >= 0.6 is 15.9 Å². The molecular formula is C26H20BrN3O. The van der Waals surface area contributed by atoms with E-state index in [2.05, 4.69) is 38.4 Å². The molecule has 0 unspecified atom stereocenters. The largest absolute Gasteiger partial charge is 0.361 e. The topological polar surface area (TPSA) is 57.8 Å².